The first-order chi connectivity index (χ1) is 9.58. The third-order valence-corrected chi connectivity index (χ3v) is 4.84. The summed E-state index contributed by atoms with van der Waals surface area (Å²) in [6, 6.07) is 0.130. The Balaban J connectivity index is 1.79. The van der Waals surface area contributed by atoms with Crippen LogP contribution in [0, 0.1) is 5.41 Å². The molecule has 1 spiro atoms. The Morgan fingerprint density at radius 1 is 1.45 bits per heavy atom. The van der Waals surface area contributed by atoms with Crippen molar-refractivity contribution in [1.82, 2.24) is 10.6 Å². The van der Waals surface area contributed by atoms with Crippen LogP contribution in [-0.4, -0.2) is 42.5 Å². The topological polar surface area (TPSA) is 70.6 Å². The molecule has 0 aromatic carbocycles. The fourth-order valence-corrected chi connectivity index (χ4v) is 3.69. The van der Waals surface area contributed by atoms with Crippen molar-refractivity contribution in [2.45, 2.75) is 70.6 Å². The van der Waals surface area contributed by atoms with Gasteiger partial charge in [0.15, 0.2) is 0 Å². The van der Waals surface area contributed by atoms with E-state index in [4.69, 9.17) is 4.74 Å². The van der Waals surface area contributed by atoms with Gasteiger partial charge in [0.1, 0.15) is 0 Å². The van der Waals surface area contributed by atoms with Gasteiger partial charge in [-0.3, -0.25) is 0 Å². The number of hydrogen-bond donors (Lipinski definition) is 3. The van der Waals surface area contributed by atoms with Crippen LogP contribution in [0.4, 0.5) is 4.79 Å². The molecule has 0 aromatic rings. The van der Waals surface area contributed by atoms with Crippen molar-refractivity contribution in [3.63, 3.8) is 0 Å². The van der Waals surface area contributed by atoms with Crippen LogP contribution in [0.2, 0.25) is 0 Å². The lowest BCUT2D eigenvalue weighted by molar-refractivity contribution is -0.126. The van der Waals surface area contributed by atoms with E-state index in [0.29, 0.717) is 19.1 Å². The fourth-order valence-electron chi connectivity index (χ4n) is 3.69. The van der Waals surface area contributed by atoms with Gasteiger partial charge >= 0.3 is 6.03 Å². The van der Waals surface area contributed by atoms with Crippen molar-refractivity contribution in [3.8, 4) is 0 Å². The molecule has 0 radical (unpaired) electrons. The number of aliphatic hydroxyl groups is 1. The van der Waals surface area contributed by atoms with Crippen LogP contribution in [0.25, 0.3) is 0 Å². The van der Waals surface area contributed by atoms with E-state index in [1.165, 1.54) is 12.8 Å². The van der Waals surface area contributed by atoms with Crippen molar-refractivity contribution >= 4 is 6.03 Å². The van der Waals surface area contributed by atoms with E-state index in [1.807, 2.05) is 6.92 Å². The molecule has 2 aliphatic carbocycles. The van der Waals surface area contributed by atoms with E-state index in [-0.39, 0.29) is 23.6 Å². The highest BCUT2D eigenvalue weighted by molar-refractivity contribution is 5.74. The Morgan fingerprint density at radius 3 is 2.75 bits per heavy atom. The van der Waals surface area contributed by atoms with Gasteiger partial charge in [0.05, 0.1) is 12.2 Å². The summed E-state index contributed by atoms with van der Waals surface area (Å²) in [5, 5.41) is 15.1. The van der Waals surface area contributed by atoms with Gasteiger partial charge in [-0.2, -0.15) is 0 Å². The third kappa shape index (κ3) is 3.26. The molecule has 0 aliphatic heterocycles. The van der Waals surface area contributed by atoms with E-state index >= 15 is 0 Å². The Labute approximate surface area is 121 Å². The Hall–Kier alpha value is -0.810. The number of ether oxygens (including phenoxy) is 1. The molecule has 0 heterocycles. The maximum absolute atomic E-state index is 11.9. The zero-order chi connectivity index (χ0) is 14.6. The highest BCUT2D eigenvalue weighted by atomic mass is 16.5. The standard InChI is InChI=1S/C15H28N2O3/c1-3-20-13-10-12(15(13)7-4-5-8-15)17-14(19)16-9-6-11(2)18/h11-13,18H,3-10H2,1-2H3,(H2,16,17,19). The number of urea groups is 1. The zero-order valence-corrected chi connectivity index (χ0v) is 12.7. The summed E-state index contributed by atoms with van der Waals surface area (Å²) in [6.45, 7) is 5.02. The fraction of sp³-hybridized carbons (Fsp3) is 0.933. The van der Waals surface area contributed by atoms with Crippen LogP contribution in [0.1, 0.15) is 52.4 Å². The smallest absolute Gasteiger partial charge is 0.315 e. The average Bonchev–Trinajstić information content (AvgIpc) is 2.89. The van der Waals surface area contributed by atoms with Crippen LogP contribution in [0.5, 0.6) is 0 Å². The number of carbonyl (C=O) groups excluding carboxylic acids is 1. The van der Waals surface area contributed by atoms with E-state index in [1.54, 1.807) is 6.92 Å². The Bertz CT molecular complexity index is 327. The van der Waals surface area contributed by atoms with Gasteiger partial charge in [0.25, 0.3) is 0 Å². The SMILES string of the molecule is CCOC1CC(NC(=O)NCCC(C)O)C12CCCC2. The lowest BCUT2D eigenvalue weighted by Crippen LogP contribution is -2.64. The van der Waals surface area contributed by atoms with Crippen LogP contribution >= 0.6 is 0 Å². The molecule has 20 heavy (non-hydrogen) atoms. The predicted octanol–water partition coefficient (Wildman–Crippen LogP) is 1.79. The van der Waals surface area contributed by atoms with Crippen molar-refractivity contribution < 1.29 is 14.6 Å². The van der Waals surface area contributed by atoms with E-state index in [9.17, 15) is 9.90 Å². The summed E-state index contributed by atoms with van der Waals surface area (Å²) >= 11 is 0. The average molecular weight is 284 g/mol. The minimum absolute atomic E-state index is 0.114. The molecule has 5 heteroatoms. The summed E-state index contributed by atoms with van der Waals surface area (Å²) < 4.78 is 5.84. The molecule has 116 valence electrons. The monoisotopic (exact) mass is 284 g/mol. The van der Waals surface area contributed by atoms with Crippen molar-refractivity contribution in [2.75, 3.05) is 13.2 Å². The predicted molar refractivity (Wildman–Crippen MR) is 77.6 cm³/mol. The minimum Gasteiger partial charge on any atom is -0.393 e. The maximum Gasteiger partial charge on any atom is 0.315 e. The van der Waals surface area contributed by atoms with Crippen LogP contribution in [0.3, 0.4) is 0 Å². The molecular weight excluding hydrogens is 256 g/mol. The van der Waals surface area contributed by atoms with E-state index < -0.39 is 0 Å². The molecule has 2 saturated carbocycles. The van der Waals surface area contributed by atoms with Gasteiger partial charge in [-0.25, -0.2) is 4.79 Å². The third-order valence-electron chi connectivity index (χ3n) is 4.84. The highest BCUT2D eigenvalue weighted by Crippen LogP contribution is 2.54. The Kier molecular flexibility index (Phi) is 5.27. The Morgan fingerprint density at radius 2 is 2.15 bits per heavy atom. The van der Waals surface area contributed by atoms with Crippen LogP contribution in [-0.2, 0) is 4.74 Å². The first-order valence-electron chi connectivity index (χ1n) is 7.92. The lowest BCUT2D eigenvalue weighted by Gasteiger charge is -2.53. The number of hydrogen-bond acceptors (Lipinski definition) is 3. The summed E-state index contributed by atoms with van der Waals surface area (Å²) in [4.78, 5) is 11.9. The van der Waals surface area contributed by atoms with Crippen molar-refractivity contribution in [1.29, 1.82) is 0 Å². The highest BCUT2D eigenvalue weighted by Gasteiger charge is 2.57. The van der Waals surface area contributed by atoms with E-state index in [2.05, 4.69) is 10.6 Å². The molecule has 2 fully saturated rings. The van der Waals surface area contributed by atoms with Gasteiger partial charge in [-0.1, -0.05) is 12.8 Å². The molecular formula is C15H28N2O3. The summed E-state index contributed by atoms with van der Waals surface area (Å²) in [5.41, 5.74) is 0.178. The summed E-state index contributed by atoms with van der Waals surface area (Å²) in [6.07, 6.45) is 6.27. The molecule has 3 N–H and O–H groups in total. The maximum atomic E-state index is 11.9. The largest absolute Gasteiger partial charge is 0.393 e. The van der Waals surface area contributed by atoms with Gasteiger partial charge in [-0.05, 0) is 39.5 Å². The first-order valence-corrected chi connectivity index (χ1v) is 7.92. The van der Waals surface area contributed by atoms with E-state index in [0.717, 1.165) is 25.9 Å². The molecule has 5 nitrogen and oxygen atoms in total. The molecule has 0 saturated heterocycles. The first kappa shape index (κ1) is 15.6. The lowest BCUT2D eigenvalue weighted by atomic mass is 9.60. The minimum atomic E-state index is -0.373. The molecule has 2 rings (SSSR count). The molecule has 0 bridgehead atoms. The van der Waals surface area contributed by atoms with Gasteiger partial charge < -0.3 is 20.5 Å². The number of nitrogens with one attached hydrogen (secondary N) is 2. The number of amides is 2. The second kappa shape index (κ2) is 6.76. The molecule has 0 aromatic heterocycles. The number of aliphatic hydroxyl groups excluding tert-OH is 1. The van der Waals surface area contributed by atoms with Crippen molar-refractivity contribution in [3.05, 3.63) is 0 Å². The number of carbonyl (C=O) groups is 1. The molecule has 3 unspecified atom stereocenters. The van der Waals surface area contributed by atoms with Gasteiger partial charge in [0, 0.05) is 24.6 Å². The van der Waals surface area contributed by atoms with Crippen LogP contribution < -0.4 is 10.6 Å². The molecule has 2 aliphatic rings. The van der Waals surface area contributed by atoms with Crippen LogP contribution in [0.15, 0.2) is 0 Å². The molecule has 2 amide bonds. The number of rotatable bonds is 6. The molecule has 3 atom stereocenters. The van der Waals surface area contributed by atoms with Gasteiger partial charge in [0.2, 0.25) is 0 Å². The zero-order valence-electron chi connectivity index (χ0n) is 12.7. The van der Waals surface area contributed by atoms with Crippen molar-refractivity contribution in [2.24, 2.45) is 5.41 Å². The quantitative estimate of drug-likeness (QED) is 0.696. The summed E-state index contributed by atoms with van der Waals surface area (Å²) in [7, 11) is 0. The van der Waals surface area contributed by atoms with Gasteiger partial charge in [-0.15, -0.1) is 0 Å². The normalized spacial score (nSPS) is 28.9. The second-order valence-electron chi connectivity index (χ2n) is 6.21. The second-order valence-corrected chi connectivity index (χ2v) is 6.21. The summed E-state index contributed by atoms with van der Waals surface area (Å²) in [5.74, 6) is 0.